The monoisotopic (exact) mass is 242 g/mol. The Labute approximate surface area is 109 Å². The highest BCUT2D eigenvalue weighted by Crippen LogP contribution is 2.31. The van der Waals surface area contributed by atoms with Gasteiger partial charge in [-0.2, -0.15) is 0 Å². The minimum atomic E-state index is 0.385. The average molecular weight is 242 g/mol. The smallest absolute Gasteiger partial charge is 0.0352 e. The van der Waals surface area contributed by atoms with Gasteiger partial charge in [-0.3, -0.25) is 4.98 Å². The lowest BCUT2D eigenvalue weighted by atomic mass is 9.84. The van der Waals surface area contributed by atoms with Crippen molar-refractivity contribution in [3.8, 4) is 0 Å². The Bertz CT molecular complexity index is 514. The standard InChI is InChI=1S/C16H22N2/c1-11(2)12(3)16(17-4)15-7-5-6-13-10-18-9-8-14(13)15/h5-12,16-17H,1-4H3. The van der Waals surface area contributed by atoms with Crippen LogP contribution < -0.4 is 5.32 Å². The third-order valence-corrected chi connectivity index (χ3v) is 3.94. The Kier molecular flexibility index (Phi) is 3.97. The first kappa shape index (κ1) is 13.0. The minimum absolute atomic E-state index is 0.385. The van der Waals surface area contributed by atoms with Crippen LogP contribution in [0.4, 0.5) is 0 Å². The number of fused-ring (bicyclic) bond motifs is 1. The maximum Gasteiger partial charge on any atom is 0.0352 e. The lowest BCUT2D eigenvalue weighted by Crippen LogP contribution is -2.26. The maximum atomic E-state index is 4.20. The molecule has 1 heterocycles. The Morgan fingerprint density at radius 3 is 2.56 bits per heavy atom. The minimum Gasteiger partial charge on any atom is -0.313 e. The van der Waals surface area contributed by atoms with Crippen molar-refractivity contribution in [2.24, 2.45) is 11.8 Å². The fourth-order valence-corrected chi connectivity index (χ4v) is 2.51. The molecule has 0 aliphatic carbocycles. The van der Waals surface area contributed by atoms with Crippen LogP contribution in [0.2, 0.25) is 0 Å². The number of hydrogen-bond acceptors (Lipinski definition) is 2. The van der Waals surface area contributed by atoms with E-state index in [1.54, 1.807) is 0 Å². The van der Waals surface area contributed by atoms with Crippen LogP contribution in [0.1, 0.15) is 32.4 Å². The molecule has 0 aliphatic rings. The molecule has 18 heavy (non-hydrogen) atoms. The third kappa shape index (κ3) is 2.39. The third-order valence-electron chi connectivity index (χ3n) is 3.94. The first-order valence-electron chi connectivity index (χ1n) is 6.65. The Morgan fingerprint density at radius 2 is 1.89 bits per heavy atom. The topological polar surface area (TPSA) is 24.9 Å². The van der Waals surface area contributed by atoms with Gasteiger partial charge < -0.3 is 5.32 Å². The number of rotatable bonds is 4. The fourth-order valence-electron chi connectivity index (χ4n) is 2.51. The van der Waals surface area contributed by atoms with Crippen LogP contribution in [0.15, 0.2) is 36.7 Å². The first-order chi connectivity index (χ1) is 8.65. The quantitative estimate of drug-likeness (QED) is 0.882. The molecule has 0 aliphatic heterocycles. The maximum absolute atomic E-state index is 4.20. The Morgan fingerprint density at radius 1 is 1.11 bits per heavy atom. The van der Waals surface area contributed by atoms with Gasteiger partial charge in [-0.05, 0) is 35.9 Å². The molecular formula is C16H22N2. The largest absolute Gasteiger partial charge is 0.313 e. The van der Waals surface area contributed by atoms with Crippen LogP contribution in [0.3, 0.4) is 0 Å². The van der Waals surface area contributed by atoms with Crippen molar-refractivity contribution in [1.29, 1.82) is 0 Å². The lowest BCUT2D eigenvalue weighted by molar-refractivity contribution is 0.318. The van der Waals surface area contributed by atoms with Gasteiger partial charge in [0.2, 0.25) is 0 Å². The molecule has 1 aromatic heterocycles. The summed E-state index contributed by atoms with van der Waals surface area (Å²) < 4.78 is 0. The molecule has 0 bridgehead atoms. The molecule has 2 heteroatoms. The van der Waals surface area contributed by atoms with E-state index in [1.165, 1.54) is 16.3 Å². The molecular weight excluding hydrogens is 220 g/mol. The van der Waals surface area contributed by atoms with Crippen LogP contribution in [-0.2, 0) is 0 Å². The molecule has 2 aromatic rings. The summed E-state index contributed by atoms with van der Waals surface area (Å²) in [5, 5.41) is 5.99. The zero-order valence-corrected chi connectivity index (χ0v) is 11.6. The molecule has 96 valence electrons. The molecule has 0 radical (unpaired) electrons. The van der Waals surface area contributed by atoms with Crippen molar-refractivity contribution >= 4 is 10.8 Å². The summed E-state index contributed by atoms with van der Waals surface area (Å²) in [5.74, 6) is 1.24. The van der Waals surface area contributed by atoms with Crippen LogP contribution in [0.25, 0.3) is 10.8 Å². The van der Waals surface area contributed by atoms with Gasteiger partial charge in [0.05, 0.1) is 0 Å². The van der Waals surface area contributed by atoms with Crippen LogP contribution in [-0.4, -0.2) is 12.0 Å². The van der Waals surface area contributed by atoms with Gasteiger partial charge in [-0.25, -0.2) is 0 Å². The number of aromatic nitrogens is 1. The predicted octanol–water partition coefficient (Wildman–Crippen LogP) is 3.79. The van der Waals surface area contributed by atoms with Crippen molar-refractivity contribution in [2.75, 3.05) is 7.05 Å². The summed E-state index contributed by atoms with van der Waals surface area (Å²) in [6, 6.07) is 8.97. The van der Waals surface area contributed by atoms with Crippen LogP contribution >= 0.6 is 0 Å². The summed E-state index contributed by atoms with van der Waals surface area (Å²) >= 11 is 0. The van der Waals surface area contributed by atoms with Gasteiger partial charge in [-0.15, -0.1) is 0 Å². The molecule has 0 saturated heterocycles. The van der Waals surface area contributed by atoms with Gasteiger partial charge in [0, 0.05) is 23.8 Å². The molecule has 2 unspecified atom stereocenters. The van der Waals surface area contributed by atoms with Crippen molar-refractivity contribution in [2.45, 2.75) is 26.8 Å². The van der Waals surface area contributed by atoms with Gasteiger partial charge in [0.25, 0.3) is 0 Å². The summed E-state index contributed by atoms with van der Waals surface area (Å²) in [7, 11) is 2.05. The van der Waals surface area contributed by atoms with Gasteiger partial charge in [0.1, 0.15) is 0 Å². The molecule has 2 rings (SSSR count). The SMILES string of the molecule is CNC(c1cccc2cnccc12)C(C)C(C)C. The van der Waals surface area contributed by atoms with E-state index >= 15 is 0 Å². The Hall–Kier alpha value is -1.41. The zero-order chi connectivity index (χ0) is 13.1. The number of nitrogens with one attached hydrogen (secondary N) is 1. The van der Waals surface area contributed by atoms with E-state index in [0.29, 0.717) is 17.9 Å². The molecule has 0 saturated carbocycles. The highest BCUT2D eigenvalue weighted by Gasteiger charge is 2.21. The van der Waals surface area contributed by atoms with Gasteiger partial charge >= 0.3 is 0 Å². The molecule has 2 atom stereocenters. The summed E-state index contributed by atoms with van der Waals surface area (Å²) in [6.07, 6.45) is 3.81. The van der Waals surface area contributed by atoms with E-state index < -0.39 is 0 Å². The van der Waals surface area contributed by atoms with Crippen molar-refractivity contribution < 1.29 is 0 Å². The van der Waals surface area contributed by atoms with Crippen molar-refractivity contribution in [3.63, 3.8) is 0 Å². The molecule has 1 aromatic carbocycles. The molecule has 0 amide bonds. The normalized spacial score (nSPS) is 14.9. The van der Waals surface area contributed by atoms with Crippen molar-refractivity contribution in [3.05, 3.63) is 42.2 Å². The first-order valence-corrected chi connectivity index (χ1v) is 6.65. The highest BCUT2D eigenvalue weighted by atomic mass is 14.9. The van der Waals surface area contributed by atoms with E-state index in [-0.39, 0.29) is 0 Å². The second-order valence-corrected chi connectivity index (χ2v) is 5.31. The van der Waals surface area contributed by atoms with Crippen LogP contribution in [0.5, 0.6) is 0 Å². The van der Waals surface area contributed by atoms with E-state index in [1.807, 2.05) is 19.4 Å². The van der Waals surface area contributed by atoms with E-state index in [4.69, 9.17) is 0 Å². The van der Waals surface area contributed by atoms with Crippen LogP contribution in [0, 0.1) is 11.8 Å². The second-order valence-electron chi connectivity index (χ2n) is 5.31. The highest BCUT2D eigenvalue weighted by molar-refractivity contribution is 5.85. The van der Waals surface area contributed by atoms with Gasteiger partial charge in [0.15, 0.2) is 0 Å². The number of hydrogen-bond donors (Lipinski definition) is 1. The fraction of sp³-hybridized carbons (Fsp3) is 0.438. The average Bonchev–Trinajstić information content (AvgIpc) is 2.39. The lowest BCUT2D eigenvalue weighted by Gasteiger charge is -2.28. The number of nitrogens with zero attached hydrogens (tertiary/aromatic N) is 1. The second kappa shape index (κ2) is 5.49. The molecule has 2 nitrogen and oxygen atoms in total. The van der Waals surface area contributed by atoms with E-state index in [2.05, 4.69) is 55.3 Å². The summed E-state index contributed by atoms with van der Waals surface area (Å²) in [4.78, 5) is 4.20. The van der Waals surface area contributed by atoms with E-state index in [9.17, 15) is 0 Å². The molecule has 1 N–H and O–H groups in total. The van der Waals surface area contributed by atoms with Gasteiger partial charge in [-0.1, -0.05) is 39.0 Å². The molecule has 0 spiro atoms. The molecule has 0 fully saturated rings. The summed E-state index contributed by atoms with van der Waals surface area (Å²) in [5.41, 5.74) is 1.37. The summed E-state index contributed by atoms with van der Waals surface area (Å²) in [6.45, 7) is 6.87. The Balaban J connectivity index is 2.51. The number of benzene rings is 1. The van der Waals surface area contributed by atoms with E-state index in [0.717, 1.165) is 0 Å². The predicted molar refractivity (Wildman–Crippen MR) is 77.5 cm³/mol. The van der Waals surface area contributed by atoms with Crippen molar-refractivity contribution in [1.82, 2.24) is 10.3 Å². The number of pyridine rings is 1. The zero-order valence-electron chi connectivity index (χ0n) is 11.6.